The first-order valence-corrected chi connectivity index (χ1v) is 13.4. The number of nitrogens with zero attached hydrogens (tertiary/aromatic N) is 1. The molecule has 2 saturated carbocycles. The molecule has 204 valence electrons. The minimum Gasteiger partial charge on any atom is -0.477 e. The van der Waals surface area contributed by atoms with Crippen LogP contribution in [0.1, 0.15) is 66.7 Å². The highest BCUT2D eigenvalue weighted by Gasteiger charge is 2.43. The molecule has 36 heavy (non-hydrogen) atoms. The van der Waals surface area contributed by atoms with Crippen LogP contribution in [-0.4, -0.2) is 60.6 Å². The van der Waals surface area contributed by atoms with Crippen molar-refractivity contribution in [2.24, 2.45) is 29.6 Å². The topological polar surface area (TPSA) is 112 Å². The van der Waals surface area contributed by atoms with Gasteiger partial charge in [0.05, 0.1) is 31.4 Å². The molecule has 4 N–H and O–H groups in total. The van der Waals surface area contributed by atoms with E-state index >= 15 is 0 Å². The number of hydrazine groups is 1. The van der Waals surface area contributed by atoms with E-state index in [0.717, 1.165) is 32.1 Å². The molecule has 5 atom stereocenters. The number of nitrogens with one attached hydrogen (secondary N) is 3. The summed E-state index contributed by atoms with van der Waals surface area (Å²) in [4.78, 5) is 25.3. The van der Waals surface area contributed by atoms with Crippen molar-refractivity contribution in [1.82, 2.24) is 21.1 Å². The summed E-state index contributed by atoms with van der Waals surface area (Å²) in [5.41, 5.74) is 3.14. The van der Waals surface area contributed by atoms with Crippen LogP contribution in [0.5, 0.6) is 0 Å². The van der Waals surface area contributed by atoms with E-state index < -0.39 is 11.6 Å². The van der Waals surface area contributed by atoms with Gasteiger partial charge in [-0.3, -0.25) is 9.80 Å². The molecule has 0 aromatic carbocycles. The Morgan fingerprint density at radius 2 is 2.00 bits per heavy atom. The fraction of sp³-hybridized carbons (Fsp3) is 0.778. The van der Waals surface area contributed by atoms with E-state index in [1.165, 1.54) is 7.11 Å². The number of aliphatic hydroxyl groups excluding tert-OH is 1. The molecule has 1 heterocycles. The molecular formula is C27H46N4O5. The molecule has 2 bridgehead atoms. The number of hydrogen-bond acceptors (Lipinski definition) is 7. The Bertz CT molecular complexity index is 840. The third-order valence-corrected chi connectivity index (χ3v) is 7.65. The molecule has 2 amide bonds. The largest absolute Gasteiger partial charge is 0.477 e. The van der Waals surface area contributed by atoms with Crippen molar-refractivity contribution in [3.05, 3.63) is 23.7 Å². The number of aliphatic hydroxyl groups is 1. The highest BCUT2D eigenvalue weighted by Crippen LogP contribution is 2.46. The molecule has 1 aliphatic heterocycles. The highest BCUT2D eigenvalue weighted by atomic mass is 16.5. The molecule has 3 aliphatic rings. The summed E-state index contributed by atoms with van der Waals surface area (Å²) < 4.78 is 10.8. The second-order valence-corrected chi connectivity index (χ2v) is 11.6. The van der Waals surface area contributed by atoms with E-state index in [9.17, 15) is 14.7 Å². The van der Waals surface area contributed by atoms with Crippen LogP contribution in [-0.2, 0) is 14.3 Å². The molecule has 0 spiro atoms. The number of rotatable bonds is 10. The van der Waals surface area contributed by atoms with Gasteiger partial charge in [0.15, 0.2) is 0 Å². The number of hydrogen-bond donors (Lipinski definition) is 4. The first kappa shape index (κ1) is 28.3. The standard InChI is InChI=1S/C27H46N4O5/c1-7-20-11-18-10-19(15-32)13-21(12-18)23(20)29-24(33)22-14-28-31(25(22)36-16-17(2)3)9-8-27(4,5)30-26(34)35-6/h8-9,17-21,23,28,32H,7,10-16H2,1-6H3,(H,29,33)(H,30,34)/b9-8+/t18?,19-,20?,21?,23+/m0/s1. The van der Waals surface area contributed by atoms with Gasteiger partial charge in [0, 0.05) is 18.8 Å². The number of ether oxygens (including phenoxy) is 2. The first-order valence-electron chi connectivity index (χ1n) is 13.4. The quantitative estimate of drug-likeness (QED) is 0.360. The fourth-order valence-corrected chi connectivity index (χ4v) is 5.88. The van der Waals surface area contributed by atoms with Crippen LogP contribution < -0.4 is 16.1 Å². The first-order chi connectivity index (χ1) is 17.1. The van der Waals surface area contributed by atoms with Crippen molar-refractivity contribution in [2.45, 2.75) is 78.3 Å². The third kappa shape index (κ3) is 7.16. The second-order valence-electron chi connectivity index (χ2n) is 11.6. The van der Waals surface area contributed by atoms with Crippen molar-refractivity contribution < 1.29 is 24.2 Å². The number of fused-ring (bicyclic) bond motifs is 2. The number of amides is 2. The second kappa shape index (κ2) is 12.3. The van der Waals surface area contributed by atoms with Gasteiger partial charge < -0.3 is 25.2 Å². The maximum absolute atomic E-state index is 13.6. The van der Waals surface area contributed by atoms with Gasteiger partial charge in [-0.05, 0) is 75.2 Å². The molecule has 2 fully saturated rings. The molecule has 3 rings (SSSR count). The monoisotopic (exact) mass is 506 g/mol. The van der Waals surface area contributed by atoms with Gasteiger partial charge in [0.2, 0.25) is 5.88 Å². The van der Waals surface area contributed by atoms with Crippen molar-refractivity contribution in [1.29, 1.82) is 0 Å². The normalized spacial score (nSPS) is 28.6. The summed E-state index contributed by atoms with van der Waals surface area (Å²) in [7, 11) is 1.33. The summed E-state index contributed by atoms with van der Waals surface area (Å²) in [6.45, 7) is 11.1. The summed E-state index contributed by atoms with van der Waals surface area (Å²) in [6, 6.07) is 0.111. The summed E-state index contributed by atoms with van der Waals surface area (Å²) >= 11 is 0. The molecule has 0 aromatic heterocycles. The number of carbonyl (C=O) groups is 2. The Kier molecular flexibility index (Phi) is 9.69. The van der Waals surface area contributed by atoms with Gasteiger partial charge in [-0.2, -0.15) is 0 Å². The van der Waals surface area contributed by atoms with Gasteiger partial charge in [-0.25, -0.2) is 10.2 Å². The highest BCUT2D eigenvalue weighted by molar-refractivity contribution is 5.95. The van der Waals surface area contributed by atoms with Gasteiger partial charge in [0.1, 0.15) is 0 Å². The van der Waals surface area contributed by atoms with Crippen molar-refractivity contribution in [2.75, 3.05) is 26.9 Å². The molecule has 9 nitrogen and oxygen atoms in total. The Morgan fingerprint density at radius 3 is 2.64 bits per heavy atom. The lowest BCUT2D eigenvalue weighted by Crippen LogP contribution is -2.52. The van der Waals surface area contributed by atoms with Crippen LogP contribution in [0.25, 0.3) is 0 Å². The molecule has 2 aliphatic carbocycles. The van der Waals surface area contributed by atoms with Crippen molar-refractivity contribution in [3.63, 3.8) is 0 Å². The third-order valence-electron chi connectivity index (χ3n) is 7.65. The number of alkyl carbamates (subject to hydrolysis) is 1. The molecule has 9 heteroatoms. The summed E-state index contributed by atoms with van der Waals surface area (Å²) in [5.74, 6) is 2.53. The molecule has 3 unspecified atom stereocenters. The van der Waals surface area contributed by atoms with E-state index in [2.05, 4.69) is 36.8 Å². The van der Waals surface area contributed by atoms with Gasteiger partial charge >= 0.3 is 6.09 Å². The Morgan fingerprint density at radius 1 is 1.25 bits per heavy atom. The maximum Gasteiger partial charge on any atom is 0.407 e. The summed E-state index contributed by atoms with van der Waals surface area (Å²) in [5, 5.41) is 17.7. The van der Waals surface area contributed by atoms with Gasteiger partial charge in [-0.1, -0.05) is 27.2 Å². The summed E-state index contributed by atoms with van der Waals surface area (Å²) in [6.07, 6.45) is 8.43. The van der Waals surface area contributed by atoms with Crippen LogP contribution in [0.2, 0.25) is 0 Å². The Labute approximate surface area is 216 Å². The lowest BCUT2D eigenvalue weighted by atomic mass is 9.62. The van der Waals surface area contributed by atoms with E-state index in [1.54, 1.807) is 11.2 Å². The zero-order chi connectivity index (χ0) is 26.5. The maximum atomic E-state index is 13.6. The lowest BCUT2D eigenvalue weighted by Gasteiger charge is -2.47. The zero-order valence-corrected chi connectivity index (χ0v) is 22.8. The minimum absolute atomic E-state index is 0.0999. The fourth-order valence-electron chi connectivity index (χ4n) is 5.88. The van der Waals surface area contributed by atoms with E-state index in [4.69, 9.17) is 9.47 Å². The Hall–Kier alpha value is -2.26. The molecular weight excluding hydrogens is 460 g/mol. The Balaban J connectivity index is 1.78. The van der Waals surface area contributed by atoms with Crippen LogP contribution >= 0.6 is 0 Å². The van der Waals surface area contributed by atoms with Crippen molar-refractivity contribution in [3.8, 4) is 0 Å². The van der Waals surface area contributed by atoms with Gasteiger partial charge in [-0.15, -0.1) is 0 Å². The number of methoxy groups -OCH3 is 1. The predicted octanol–water partition coefficient (Wildman–Crippen LogP) is 3.28. The van der Waals surface area contributed by atoms with E-state index in [0.29, 0.717) is 54.2 Å². The minimum atomic E-state index is -0.667. The zero-order valence-electron chi connectivity index (χ0n) is 22.8. The average Bonchev–Trinajstić information content (AvgIpc) is 3.25. The van der Waals surface area contributed by atoms with Crippen LogP contribution in [0.15, 0.2) is 23.7 Å². The molecule has 0 aromatic rings. The predicted molar refractivity (Wildman–Crippen MR) is 138 cm³/mol. The van der Waals surface area contributed by atoms with Crippen molar-refractivity contribution >= 4 is 12.0 Å². The van der Waals surface area contributed by atoms with Crippen LogP contribution in [0, 0.1) is 29.6 Å². The SMILES string of the molecule is CCC1CC2CC(C[C@@H](CO)C2)[C@@H]1NC(=O)C1=C(OCC(C)C)N(/C=C/C(C)(C)NC(=O)OC)NC1. The van der Waals surface area contributed by atoms with Crippen LogP contribution in [0.4, 0.5) is 4.79 Å². The van der Waals surface area contributed by atoms with E-state index in [1.807, 2.05) is 19.9 Å². The number of carbonyl (C=O) groups excluding carboxylic acids is 2. The lowest BCUT2D eigenvalue weighted by molar-refractivity contribution is -0.120. The molecule has 0 radical (unpaired) electrons. The smallest absolute Gasteiger partial charge is 0.407 e. The van der Waals surface area contributed by atoms with Gasteiger partial charge in [0.25, 0.3) is 5.91 Å². The van der Waals surface area contributed by atoms with Crippen LogP contribution in [0.3, 0.4) is 0 Å². The average molecular weight is 507 g/mol. The van der Waals surface area contributed by atoms with E-state index in [-0.39, 0.29) is 18.6 Å². The molecule has 0 saturated heterocycles.